The van der Waals surface area contributed by atoms with Crippen molar-refractivity contribution in [2.24, 2.45) is 0 Å². The number of carbonyl (C=O) groups is 1. The van der Waals surface area contributed by atoms with Crippen LogP contribution in [0.2, 0.25) is 0 Å². The number of nitrogens with one attached hydrogen (secondary N) is 1. The molecule has 6 heteroatoms. The molecule has 2 heterocycles. The number of ether oxygens (including phenoxy) is 1. The molecule has 2 rings (SSSR count). The Bertz CT molecular complexity index is 364. The highest BCUT2D eigenvalue weighted by Gasteiger charge is 2.20. The van der Waals surface area contributed by atoms with Crippen molar-refractivity contribution in [3.8, 4) is 0 Å². The van der Waals surface area contributed by atoms with Crippen LogP contribution in [0.25, 0.3) is 0 Å². The fourth-order valence-electron chi connectivity index (χ4n) is 1.96. The molecule has 0 saturated carbocycles. The number of rotatable bonds is 2. The fraction of sp³-hybridized carbons (Fsp3) is 0.583. The zero-order valence-electron chi connectivity index (χ0n) is 10.3. The summed E-state index contributed by atoms with van der Waals surface area (Å²) in [5, 5.41) is 3.25. The van der Waals surface area contributed by atoms with Gasteiger partial charge in [0.25, 0.3) is 5.91 Å². The maximum absolute atomic E-state index is 12.2. The predicted octanol–water partition coefficient (Wildman–Crippen LogP) is 0.540. The molecule has 1 amide bonds. The van der Waals surface area contributed by atoms with Gasteiger partial charge in [-0.2, -0.15) is 0 Å². The van der Waals surface area contributed by atoms with E-state index in [9.17, 15) is 4.79 Å². The number of carbonyl (C=O) groups excluding carboxylic acids is 1. The van der Waals surface area contributed by atoms with Crippen molar-refractivity contribution < 1.29 is 9.53 Å². The molecule has 2 aliphatic rings. The molecule has 0 unspecified atom stereocenters. The second kappa shape index (κ2) is 6.53. The first-order valence-electron chi connectivity index (χ1n) is 6.08. The van der Waals surface area contributed by atoms with Gasteiger partial charge in [-0.1, -0.05) is 6.58 Å². The van der Waals surface area contributed by atoms with Crippen LogP contribution in [-0.4, -0.2) is 61.6 Å². The highest BCUT2D eigenvalue weighted by molar-refractivity contribution is 14.1. The Hall–Kier alpha value is -0.600. The molecule has 0 radical (unpaired) electrons. The van der Waals surface area contributed by atoms with Crippen LogP contribution in [0.1, 0.15) is 0 Å². The van der Waals surface area contributed by atoms with E-state index in [-0.39, 0.29) is 5.91 Å². The molecule has 0 aromatic carbocycles. The number of piperazine rings is 1. The van der Waals surface area contributed by atoms with Crippen LogP contribution in [0, 0.1) is 0 Å². The van der Waals surface area contributed by atoms with Crippen LogP contribution >= 0.6 is 22.6 Å². The minimum Gasteiger partial charge on any atom is -0.378 e. The quantitative estimate of drug-likeness (QED) is 0.575. The molecule has 1 N–H and O–H groups in total. The molecule has 0 bridgehead atoms. The number of hydrogen-bond donors (Lipinski definition) is 1. The van der Waals surface area contributed by atoms with Gasteiger partial charge >= 0.3 is 0 Å². The van der Waals surface area contributed by atoms with E-state index in [1.54, 1.807) is 0 Å². The summed E-state index contributed by atoms with van der Waals surface area (Å²) >= 11 is 2.11. The summed E-state index contributed by atoms with van der Waals surface area (Å²) in [6.07, 6.45) is 1.90. The van der Waals surface area contributed by atoms with E-state index in [0.717, 1.165) is 28.9 Å². The molecule has 0 atom stereocenters. The van der Waals surface area contributed by atoms with Gasteiger partial charge in [-0.3, -0.25) is 4.79 Å². The van der Waals surface area contributed by atoms with Crippen molar-refractivity contribution in [3.05, 3.63) is 22.1 Å². The monoisotopic (exact) mass is 363 g/mol. The van der Waals surface area contributed by atoms with Gasteiger partial charge in [-0.25, -0.2) is 0 Å². The van der Waals surface area contributed by atoms with Crippen LogP contribution in [0.4, 0.5) is 0 Å². The van der Waals surface area contributed by atoms with Gasteiger partial charge in [0.1, 0.15) is 0 Å². The molecule has 0 aliphatic carbocycles. The first-order chi connectivity index (χ1) is 8.68. The van der Waals surface area contributed by atoms with E-state index in [2.05, 4.69) is 39.4 Å². The van der Waals surface area contributed by atoms with Crippen LogP contribution in [0.3, 0.4) is 0 Å². The molecule has 5 nitrogen and oxygen atoms in total. The van der Waals surface area contributed by atoms with Gasteiger partial charge < -0.3 is 19.9 Å². The lowest BCUT2D eigenvalue weighted by atomic mass is 10.3. The second-order valence-electron chi connectivity index (χ2n) is 4.32. The smallest absolute Gasteiger partial charge is 0.261 e. The molecule has 18 heavy (non-hydrogen) atoms. The number of halogens is 1. The number of morpholine rings is 1. The van der Waals surface area contributed by atoms with E-state index in [1.807, 2.05) is 11.1 Å². The molecule has 100 valence electrons. The minimum atomic E-state index is 0.0882. The standard InChI is InChI=1S/C12H18IN3O2/c1-10-8-14-2-3-16(10)9-11(13)12(17)15-4-6-18-7-5-15/h9,14H,1-8H2/b11-9-. The van der Waals surface area contributed by atoms with Crippen molar-refractivity contribution in [1.29, 1.82) is 0 Å². The molecule has 2 saturated heterocycles. The maximum Gasteiger partial charge on any atom is 0.261 e. The summed E-state index contributed by atoms with van der Waals surface area (Å²) in [5.41, 5.74) is 1.00. The Labute approximate surface area is 121 Å². The van der Waals surface area contributed by atoms with Gasteiger partial charge in [0.15, 0.2) is 0 Å². The number of nitrogens with zero attached hydrogens (tertiary/aromatic N) is 2. The van der Waals surface area contributed by atoms with Crippen LogP contribution < -0.4 is 5.32 Å². The molecular weight excluding hydrogens is 345 g/mol. The van der Waals surface area contributed by atoms with Gasteiger partial charge in [0.2, 0.25) is 0 Å². The lowest BCUT2D eigenvalue weighted by Crippen LogP contribution is -2.42. The summed E-state index contributed by atoms with van der Waals surface area (Å²) in [5.74, 6) is 0.0882. The van der Waals surface area contributed by atoms with Crippen molar-refractivity contribution in [2.45, 2.75) is 0 Å². The Morgan fingerprint density at radius 1 is 1.39 bits per heavy atom. The van der Waals surface area contributed by atoms with E-state index < -0.39 is 0 Å². The van der Waals surface area contributed by atoms with Crippen LogP contribution in [0.15, 0.2) is 22.1 Å². The number of amides is 1. The molecular formula is C12H18IN3O2. The summed E-state index contributed by atoms with van der Waals surface area (Å²) in [4.78, 5) is 16.1. The molecule has 0 aromatic rings. The van der Waals surface area contributed by atoms with Gasteiger partial charge in [-0.05, 0) is 22.6 Å². The zero-order valence-corrected chi connectivity index (χ0v) is 12.5. The largest absolute Gasteiger partial charge is 0.378 e. The van der Waals surface area contributed by atoms with Crippen LogP contribution in [-0.2, 0) is 9.53 Å². The molecule has 2 aliphatic heterocycles. The topological polar surface area (TPSA) is 44.8 Å². The van der Waals surface area contributed by atoms with Crippen molar-refractivity contribution in [2.75, 3.05) is 45.9 Å². The highest BCUT2D eigenvalue weighted by Crippen LogP contribution is 2.16. The lowest BCUT2D eigenvalue weighted by Gasteiger charge is -2.30. The Balaban J connectivity index is 1.98. The summed E-state index contributed by atoms with van der Waals surface area (Å²) < 4.78 is 5.98. The zero-order chi connectivity index (χ0) is 13.0. The predicted molar refractivity (Wildman–Crippen MR) is 78.2 cm³/mol. The number of hydrogen-bond acceptors (Lipinski definition) is 4. The Kier molecular flexibility index (Phi) is 5.02. The van der Waals surface area contributed by atoms with Gasteiger partial charge in [0.05, 0.1) is 16.8 Å². The van der Waals surface area contributed by atoms with Gasteiger partial charge in [-0.15, -0.1) is 0 Å². The minimum absolute atomic E-state index is 0.0882. The van der Waals surface area contributed by atoms with Crippen molar-refractivity contribution in [3.63, 3.8) is 0 Å². The third-order valence-electron chi connectivity index (χ3n) is 3.04. The van der Waals surface area contributed by atoms with E-state index in [1.165, 1.54) is 0 Å². The molecule has 0 spiro atoms. The third kappa shape index (κ3) is 3.46. The Morgan fingerprint density at radius 2 is 2.11 bits per heavy atom. The highest BCUT2D eigenvalue weighted by atomic mass is 127. The van der Waals surface area contributed by atoms with E-state index in [4.69, 9.17) is 4.74 Å². The maximum atomic E-state index is 12.2. The average Bonchev–Trinajstić information content (AvgIpc) is 2.41. The fourth-order valence-corrected chi connectivity index (χ4v) is 2.63. The third-order valence-corrected chi connectivity index (χ3v) is 3.78. The summed E-state index contributed by atoms with van der Waals surface area (Å²) in [6.45, 7) is 9.19. The van der Waals surface area contributed by atoms with Crippen LogP contribution in [0.5, 0.6) is 0 Å². The first kappa shape index (κ1) is 13.8. The van der Waals surface area contributed by atoms with E-state index in [0.29, 0.717) is 26.3 Å². The first-order valence-corrected chi connectivity index (χ1v) is 7.16. The normalized spacial score (nSPS) is 22.3. The van der Waals surface area contributed by atoms with E-state index >= 15 is 0 Å². The lowest BCUT2D eigenvalue weighted by molar-refractivity contribution is -0.130. The molecule has 0 aromatic heterocycles. The summed E-state index contributed by atoms with van der Waals surface area (Å²) in [6, 6.07) is 0. The Morgan fingerprint density at radius 3 is 2.78 bits per heavy atom. The second-order valence-corrected chi connectivity index (χ2v) is 5.48. The SMILES string of the molecule is C=C1CNCCN1/C=C(\I)C(=O)N1CCOCC1. The van der Waals surface area contributed by atoms with Crippen molar-refractivity contribution in [1.82, 2.24) is 15.1 Å². The van der Waals surface area contributed by atoms with Crippen molar-refractivity contribution >= 4 is 28.5 Å². The summed E-state index contributed by atoms with van der Waals surface area (Å²) in [7, 11) is 0. The average molecular weight is 363 g/mol. The van der Waals surface area contributed by atoms with Gasteiger partial charge in [0, 0.05) is 44.6 Å². The molecule has 2 fully saturated rings.